The molecule has 0 bridgehead atoms. The van der Waals surface area contributed by atoms with Gasteiger partial charge in [0.2, 0.25) is 0 Å². The van der Waals surface area contributed by atoms with Crippen LogP contribution in [0.5, 0.6) is 0 Å². The van der Waals surface area contributed by atoms with E-state index in [1.54, 1.807) is 18.3 Å². The van der Waals surface area contributed by atoms with Crippen molar-refractivity contribution in [2.24, 2.45) is 0 Å². The molecule has 6 heteroatoms. The van der Waals surface area contributed by atoms with Gasteiger partial charge in [0.25, 0.3) is 0 Å². The number of nitrogens with two attached hydrogens (primary N) is 1. The van der Waals surface area contributed by atoms with E-state index in [9.17, 15) is 4.79 Å². The SMILES string of the molecule is N#Cc1cccn1-c1nc(C(=O)O)ccc1N. The van der Waals surface area contributed by atoms with Gasteiger partial charge in [-0.1, -0.05) is 0 Å². The number of hydrogen-bond acceptors (Lipinski definition) is 4. The van der Waals surface area contributed by atoms with Crippen LogP contribution in [-0.4, -0.2) is 20.6 Å². The molecule has 0 amide bonds. The molecule has 2 aromatic heterocycles. The maximum absolute atomic E-state index is 10.8. The van der Waals surface area contributed by atoms with Crippen molar-refractivity contribution >= 4 is 11.7 Å². The van der Waals surface area contributed by atoms with Crippen molar-refractivity contribution in [3.63, 3.8) is 0 Å². The largest absolute Gasteiger partial charge is 0.477 e. The third-order valence-corrected chi connectivity index (χ3v) is 2.22. The molecule has 0 spiro atoms. The fraction of sp³-hybridized carbons (Fsp3) is 0. The first kappa shape index (κ1) is 10.7. The van der Waals surface area contributed by atoms with Gasteiger partial charge in [-0.25, -0.2) is 9.78 Å². The van der Waals surface area contributed by atoms with E-state index < -0.39 is 5.97 Å². The van der Waals surface area contributed by atoms with E-state index in [0.29, 0.717) is 11.4 Å². The molecule has 2 rings (SSSR count). The fourth-order valence-corrected chi connectivity index (χ4v) is 1.43. The Bertz CT molecular complexity index is 625. The van der Waals surface area contributed by atoms with Crippen LogP contribution < -0.4 is 5.73 Å². The number of aromatic nitrogens is 2. The second-order valence-electron chi connectivity index (χ2n) is 3.29. The molecule has 0 aliphatic heterocycles. The van der Waals surface area contributed by atoms with Crippen molar-refractivity contribution in [3.8, 4) is 11.9 Å². The zero-order valence-corrected chi connectivity index (χ0v) is 8.66. The van der Waals surface area contributed by atoms with Crippen molar-refractivity contribution in [2.45, 2.75) is 0 Å². The summed E-state index contributed by atoms with van der Waals surface area (Å²) < 4.78 is 1.45. The van der Waals surface area contributed by atoms with E-state index in [4.69, 9.17) is 16.1 Å². The molecule has 0 saturated heterocycles. The van der Waals surface area contributed by atoms with Gasteiger partial charge in [-0.2, -0.15) is 5.26 Å². The number of carboxylic acids is 1. The van der Waals surface area contributed by atoms with Crippen LogP contribution in [0.4, 0.5) is 5.69 Å². The number of pyridine rings is 1. The lowest BCUT2D eigenvalue weighted by atomic mass is 10.3. The Morgan fingerprint density at radius 2 is 2.24 bits per heavy atom. The molecule has 2 aromatic rings. The first-order chi connectivity index (χ1) is 8.13. The van der Waals surface area contributed by atoms with Crippen molar-refractivity contribution in [1.29, 1.82) is 5.26 Å². The van der Waals surface area contributed by atoms with Crippen molar-refractivity contribution in [1.82, 2.24) is 9.55 Å². The van der Waals surface area contributed by atoms with Crippen molar-refractivity contribution < 1.29 is 9.90 Å². The van der Waals surface area contributed by atoms with Crippen LogP contribution in [0.15, 0.2) is 30.5 Å². The minimum atomic E-state index is -1.14. The van der Waals surface area contributed by atoms with E-state index in [1.807, 2.05) is 6.07 Å². The van der Waals surface area contributed by atoms with Gasteiger partial charge in [0.15, 0.2) is 11.5 Å². The number of hydrogen-bond donors (Lipinski definition) is 2. The number of nitrogen functional groups attached to an aromatic ring is 1. The standard InChI is InChI=1S/C11H8N4O2/c12-6-7-2-1-5-15(7)10-8(13)3-4-9(14-10)11(16)17/h1-5H,13H2,(H,16,17). The van der Waals surface area contributed by atoms with E-state index in [0.717, 1.165) is 0 Å². The number of nitriles is 1. The molecule has 0 fully saturated rings. The third-order valence-electron chi connectivity index (χ3n) is 2.22. The number of aromatic carboxylic acids is 1. The maximum Gasteiger partial charge on any atom is 0.354 e. The van der Waals surface area contributed by atoms with Crippen LogP contribution in [0.2, 0.25) is 0 Å². The van der Waals surface area contributed by atoms with Crippen molar-refractivity contribution in [2.75, 3.05) is 5.73 Å². The zero-order chi connectivity index (χ0) is 12.4. The summed E-state index contributed by atoms with van der Waals surface area (Å²) >= 11 is 0. The second-order valence-corrected chi connectivity index (χ2v) is 3.29. The molecule has 6 nitrogen and oxygen atoms in total. The lowest BCUT2D eigenvalue weighted by Gasteiger charge is -2.07. The molecule has 0 aromatic carbocycles. The van der Waals surface area contributed by atoms with Gasteiger partial charge < -0.3 is 10.8 Å². The highest BCUT2D eigenvalue weighted by Crippen LogP contribution is 2.17. The number of nitrogens with zero attached hydrogens (tertiary/aromatic N) is 3. The van der Waals surface area contributed by atoms with Crippen LogP contribution >= 0.6 is 0 Å². The Balaban J connectivity index is 2.63. The fourth-order valence-electron chi connectivity index (χ4n) is 1.43. The summed E-state index contributed by atoms with van der Waals surface area (Å²) in [6.45, 7) is 0. The van der Waals surface area contributed by atoms with Crippen LogP contribution in [0.1, 0.15) is 16.2 Å². The van der Waals surface area contributed by atoms with Gasteiger partial charge in [-0.3, -0.25) is 4.57 Å². The van der Waals surface area contributed by atoms with Gasteiger partial charge in [-0.15, -0.1) is 0 Å². The smallest absolute Gasteiger partial charge is 0.354 e. The summed E-state index contributed by atoms with van der Waals surface area (Å²) in [4.78, 5) is 14.7. The number of carboxylic acid groups (broad SMARTS) is 1. The van der Waals surface area contributed by atoms with Crippen LogP contribution in [0, 0.1) is 11.3 Å². The molecule has 0 saturated carbocycles. The van der Waals surface area contributed by atoms with Gasteiger partial charge in [0.1, 0.15) is 11.8 Å². The monoisotopic (exact) mass is 228 g/mol. The van der Waals surface area contributed by atoms with Crippen LogP contribution in [0.25, 0.3) is 5.82 Å². The normalized spacial score (nSPS) is 9.82. The summed E-state index contributed by atoms with van der Waals surface area (Å²) in [6, 6.07) is 7.99. The van der Waals surface area contributed by atoms with E-state index in [2.05, 4.69) is 4.98 Å². The Morgan fingerprint density at radius 1 is 1.47 bits per heavy atom. The molecular formula is C11H8N4O2. The van der Waals surface area contributed by atoms with Crippen LogP contribution in [-0.2, 0) is 0 Å². The second kappa shape index (κ2) is 3.98. The number of rotatable bonds is 2. The topological polar surface area (TPSA) is 105 Å². The molecule has 0 aliphatic rings. The quantitative estimate of drug-likeness (QED) is 0.798. The molecule has 84 valence electrons. The van der Waals surface area contributed by atoms with Gasteiger partial charge in [0.05, 0.1) is 5.69 Å². The van der Waals surface area contributed by atoms with Crippen LogP contribution in [0.3, 0.4) is 0 Å². The van der Waals surface area contributed by atoms with Gasteiger partial charge in [0, 0.05) is 6.20 Å². The summed E-state index contributed by atoms with van der Waals surface area (Å²) in [5.41, 5.74) is 6.25. The highest BCUT2D eigenvalue weighted by Gasteiger charge is 2.11. The van der Waals surface area contributed by atoms with E-state index in [1.165, 1.54) is 16.7 Å². The molecular weight excluding hydrogens is 220 g/mol. The highest BCUT2D eigenvalue weighted by atomic mass is 16.4. The molecule has 0 radical (unpaired) electrons. The maximum atomic E-state index is 10.8. The summed E-state index contributed by atoms with van der Waals surface area (Å²) in [5, 5.41) is 17.7. The average molecular weight is 228 g/mol. The molecule has 0 aliphatic carbocycles. The summed E-state index contributed by atoms with van der Waals surface area (Å²) in [5.74, 6) is -0.900. The predicted molar refractivity (Wildman–Crippen MR) is 59.7 cm³/mol. The third kappa shape index (κ3) is 1.81. The molecule has 3 N–H and O–H groups in total. The zero-order valence-electron chi connectivity index (χ0n) is 8.66. The number of anilines is 1. The molecule has 0 atom stereocenters. The number of carbonyl (C=O) groups is 1. The Morgan fingerprint density at radius 3 is 2.88 bits per heavy atom. The first-order valence-electron chi connectivity index (χ1n) is 4.71. The molecule has 2 heterocycles. The van der Waals surface area contributed by atoms with Gasteiger partial charge in [-0.05, 0) is 24.3 Å². The summed E-state index contributed by atoms with van der Waals surface area (Å²) in [7, 11) is 0. The average Bonchev–Trinajstić information content (AvgIpc) is 2.77. The minimum absolute atomic E-state index is 0.119. The highest BCUT2D eigenvalue weighted by molar-refractivity contribution is 5.86. The molecule has 0 unspecified atom stereocenters. The lowest BCUT2D eigenvalue weighted by Crippen LogP contribution is -2.08. The Kier molecular flexibility index (Phi) is 2.51. The summed E-state index contributed by atoms with van der Waals surface area (Å²) in [6.07, 6.45) is 1.60. The minimum Gasteiger partial charge on any atom is -0.477 e. The van der Waals surface area contributed by atoms with Gasteiger partial charge >= 0.3 is 5.97 Å². The Hall–Kier alpha value is -2.81. The van der Waals surface area contributed by atoms with E-state index >= 15 is 0 Å². The Labute approximate surface area is 96.5 Å². The van der Waals surface area contributed by atoms with Crippen molar-refractivity contribution in [3.05, 3.63) is 41.9 Å². The molecule has 17 heavy (non-hydrogen) atoms. The predicted octanol–water partition coefficient (Wildman–Crippen LogP) is 1.02. The first-order valence-corrected chi connectivity index (χ1v) is 4.71. The lowest BCUT2D eigenvalue weighted by molar-refractivity contribution is 0.0690. The van der Waals surface area contributed by atoms with E-state index in [-0.39, 0.29) is 11.5 Å².